The van der Waals surface area contributed by atoms with Crippen molar-refractivity contribution in [2.45, 2.75) is 19.6 Å². The van der Waals surface area contributed by atoms with Gasteiger partial charge in [0.25, 0.3) is 0 Å². The standard InChI is InChI=1S/C56H38N2OS/c1-6-18-41(19-7-1)57-52-33-30-39(40-31-35-54-50(37-40)55-47-28-16-17-29-51(47)58(56(55)59-54)42-20-8-2-9-21-42)36-48(52)49-38-46(32-34-53(49)57)60(43-22-10-3-11-23-43,44-24-12-4-13-25-44)45-26-14-5-15-27-45/h1-38H. The van der Waals surface area contributed by atoms with Crippen LogP contribution in [0.25, 0.3) is 77.3 Å². The van der Waals surface area contributed by atoms with Gasteiger partial charge in [0.1, 0.15) is 5.58 Å². The number of hydrogen-bond donors (Lipinski definition) is 0. The van der Waals surface area contributed by atoms with Crippen molar-refractivity contribution >= 4 is 64.8 Å². The van der Waals surface area contributed by atoms with E-state index in [0.717, 1.165) is 50.1 Å². The molecule has 0 bridgehead atoms. The molecule has 0 spiro atoms. The molecule has 0 saturated heterocycles. The van der Waals surface area contributed by atoms with Crippen molar-refractivity contribution in [1.82, 2.24) is 9.13 Å². The molecule has 0 atom stereocenters. The van der Waals surface area contributed by atoms with Crippen LogP contribution in [0.2, 0.25) is 0 Å². The molecule has 0 aliphatic carbocycles. The molecule has 3 aromatic heterocycles. The van der Waals surface area contributed by atoms with Crippen LogP contribution in [0, 0.1) is 0 Å². The number of hydrogen-bond acceptors (Lipinski definition) is 1. The third-order valence-corrected chi connectivity index (χ3v) is 15.9. The summed E-state index contributed by atoms with van der Waals surface area (Å²) in [5, 5.41) is 5.88. The molecule has 9 aromatic carbocycles. The van der Waals surface area contributed by atoms with Gasteiger partial charge in [0.2, 0.25) is 5.71 Å². The van der Waals surface area contributed by atoms with E-state index in [4.69, 9.17) is 4.42 Å². The minimum atomic E-state index is -1.89. The average Bonchev–Trinajstić information content (AvgIpc) is 3.97. The van der Waals surface area contributed by atoms with Gasteiger partial charge in [-0.1, -0.05) is 121 Å². The normalized spacial score (nSPS) is 12.3. The van der Waals surface area contributed by atoms with E-state index < -0.39 is 10.0 Å². The Morgan fingerprint density at radius 2 is 0.767 bits per heavy atom. The van der Waals surface area contributed by atoms with Gasteiger partial charge in [-0.05, 0) is 120 Å². The van der Waals surface area contributed by atoms with Crippen molar-refractivity contribution in [3.05, 3.63) is 231 Å². The maximum Gasteiger partial charge on any atom is 0.213 e. The quantitative estimate of drug-likeness (QED) is 0.158. The fourth-order valence-corrected chi connectivity index (χ4v) is 13.3. The Hall–Kier alpha value is -7.53. The SMILES string of the molecule is c1ccc(-n2c3ccc(-c4ccc5oc6c(c5c4)c4ccccc4n6-c4ccccc4)cc3c3cc(S(c4ccccc4)(c4ccccc4)c4ccccc4)ccc32)cc1. The van der Waals surface area contributed by atoms with Crippen LogP contribution < -0.4 is 0 Å². The average molecular weight is 787 g/mol. The molecule has 0 unspecified atom stereocenters. The molecule has 0 amide bonds. The smallest absolute Gasteiger partial charge is 0.213 e. The Labute approximate surface area is 349 Å². The van der Waals surface area contributed by atoms with Gasteiger partial charge < -0.3 is 8.98 Å². The summed E-state index contributed by atoms with van der Waals surface area (Å²) in [4.78, 5) is 5.22. The number of rotatable bonds is 7. The third-order valence-electron chi connectivity index (χ3n) is 12.0. The molecule has 3 heterocycles. The van der Waals surface area contributed by atoms with Gasteiger partial charge in [-0.3, -0.25) is 4.57 Å². The summed E-state index contributed by atoms with van der Waals surface area (Å²) in [7, 11) is -1.89. The number of para-hydroxylation sites is 3. The molecular weight excluding hydrogens is 749 g/mol. The number of furan rings is 1. The van der Waals surface area contributed by atoms with Crippen molar-refractivity contribution in [3.63, 3.8) is 0 Å². The fourth-order valence-electron chi connectivity index (χ4n) is 9.42. The molecule has 4 heteroatoms. The van der Waals surface area contributed by atoms with E-state index in [0.29, 0.717) is 0 Å². The van der Waals surface area contributed by atoms with Crippen LogP contribution in [0.15, 0.2) is 255 Å². The van der Waals surface area contributed by atoms with E-state index in [1.54, 1.807) is 0 Å². The predicted molar refractivity (Wildman–Crippen MR) is 250 cm³/mol. The van der Waals surface area contributed by atoms with E-state index in [-0.39, 0.29) is 0 Å². The van der Waals surface area contributed by atoms with Crippen molar-refractivity contribution in [1.29, 1.82) is 0 Å². The molecule has 12 aromatic rings. The second-order valence-corrected chi connectivity index (χ2v) is 18.4. The summed E-state index contributed by atoms with van der Waals surface area (Å²) < 4.78 is 11.4. The topological polar surface area (TPSA) is 23.0 Å². The number of benzene rings is 9. The Kier molecular flexibility index (Phi) is 7.94. The molecule has 0 aliphatic heterocycles. The Bertz CT molecular complexity index is 3420. The molecule has 0 aliphatic rings. The summed E-state index contributed by atoms with van der Waals surface area (Å²) in [6.07, 6.45) is 0. The van der Waals surface area contributed by atoms with E-state index in [9.17, 15) is 0 Å². The van der Waals surface area contributed by atoms with E-state index >= 15 is 0 Å². The highest BCUT2D eigenvalue weighted by molar-refractivity contribution is 8.34. The minimum absolute atomic E-state index is 0.865. The minimum Gasteiger partial charge on any atom is -0.439 e. The zero-order valence-corrected chi connectivity index (χ0v) is 33.5. The lowest BCUT2D eigenvalue weighted by Gasteiger charge is -2.42. The Morgan fingerprint density at radius 3 is 1.37 bits per heavy atom. The number of nitrogens with zero attached hydrogens (tertiary/aromatic N) is 2. The molecular formula is C56H38N2OS. The number of fused-ring (bicyclic) bond motifs is 8. The maximum atomic E-state index is 6.71. The summed E-state index contributed by atoms with van der Waals surface area (Å²) in [6, 6.07) is 84.0. The zero-order valence-electron chi connectivity index (χ0n) is 32.7. The van der Waals surface area contributed by atoms with Gasteiger partial charge in [0, 0.05) is 52.5 Å². The van der Waals surface area contributed by atoms with Gasteiger partial charge in [-0.15, -0.1) is 10.0 Å². The van der Waals surface area contributed by atoms with E-state index in [1.165, 1.54) is 46.8 Å². The summed E-state index contributed by atoms with van der Waals surface area (Å²) in [5.41, 5.74) is 9.78. The van der Waals surface area contributed by atoms with Gasteiger partial charge in [0.05, 0.1) is 21.9 Å². The van der Waals surface area contributed by atoms with Crippen LogP contribution in [0.4, 0.5) is 0 Å². The van der Waals surface area contributed by atoms with Crippen LogP contribution in [-0.4, -0.2) is 9.13 Å². The highest BCUT2D eigenvalue weighted by Gasteiger charge is 2.34. The first-order chi connectivity index (χ1) is 29.8. The van der Waals surface area contributed by atoms with Crippen LogP contribution in [-0.2, 0) is 0 Å². The molecule has 3 nitrogen and oxygen atoms in total. The maximum absolute atomic E-state index is 6.71. The lowest BCUT2D eigenvalue weighted by atomic mass is 10.0. The monoisotopic (exact) mass is 786 g/mol. The molecule has 0 N–H and O–H groups in total. The van der Waals surface area contributed by atoms with E-state index in [1.807, 2.05) is 0 Å². The van der Waals surface area contributed by atoms with Crippen LogP contribution in [0.1, 0.15) is 0 Å². The van der Waals surface area contributed by atoms with Crippen LogP contribution in [0.5, 0.6) is 0 Å². The Morgan fingerprint density at radius 1 is 0.317 bits per heavy atom. The third kappa shape index (κ3) is 5.18. The first-order valence-corrected chi connectivity index (χ1v) is 22.0. The second-order valence-electron chi connectivity index (χ2n) is 15.3. The first kappa shape index (κ1) is 34.5. The fraction of sp³-hybridized carbons (Fsp3) is 0. The summed E-state index contributed by atoms with van der Waals surface area (Å²) >= 11 is 0. The summed E-state index contributed by atoms with van der Waals surface area (Å²) in [6.45, 7) is 0. The molecule has 12 rings (SSSR count). The van der Waals surface area contributed by atoms with Gasteiger partial charge >= 0.3 is 0 Å². The molecule has 0 fully saturated rings. The van der Waals surface area contributed by atoms with Gasteiger partial charge in [-0.25, -0.2) is 0 Å². The zero-order chi connectivity index (χ0) is 39.6. The second kappa shape index (κ2) is 13.8. The largest absolute Gasteiger partial charge is 0.439 e. The van der Waals surface area contributed by atoms with Crippen molar-refractivity contribution in [3.8, 4) is 22.5 Å². The van der Waals surface area contributed by atoms with Crippen molar-refractivity contribution in [2.24, 2.45) is 0 Å². The predicted octanol–water partition coefficient (Wildman–Crippen LogP) is 15.6. The molecule has 0 radical (unpaired) electrons. The lowest BCUT2D eigenvalue weighted by Crippen LogP contribution is -2.05. The van der Waals surface area contributed by atoms with Crippen molar-refractivity contribution in [2.75, 3.05) is 0 Å². The summed E-state index contributed by atoms with van der Waals surface area (Å²) in [5.74, 6) is 0. The highest BCUT2D eigenvalue weighted by Crippen LogP contribution is 2.73. The first-order valence-electron chi connectivity index (χ1n) is 20.4. The number of aromatic nitrogens is 2. The van der Waals surface area contributed by atoms with Crippen LogP contribution >= 0.6 is 10.0 Å². The van der Waals surface area contributed by atoms with E-state index in [2.05, 4.69) is 240 Å². The molecule has 0 saturated carbocycles. The highest BCUT2D eigenvalue weighted by atomic mass is 32.3. The van der Waals surface area contributed by atoms with Gasteiger partial charge in [-0.2, -0.15) is 0 Å². The van der Waals surface area contributed by atoms with Crippen molar-refractivity contribution < 1.29 is 4.42 Å². The molecule has 60 heavy (non-hydrogen) atoms. The molecule has 284 valence electrons. The van der Waals surface area contributed by atoms with Crippen LogP contribution in [0.3, 0.4) is 0 Å². The van der Waals surface area contributed by atoms with Gasteiger partial charge in [0.15, 0.2) is 0 Å². The Balaban J connectivity index is 1.12. The lowest BCUT2D eigenvalue weighted by molar-refractivity contribution is 0.645.